The van der Waals surface area contributed by atoms with E-state index in [1.54, 1.807) is 7.11 Å². The number of benzene rings is 2. The predicted octanol–water partition coefficient (Wildman–Crippen LogP) is 3.19. The van der Waals surface area contributed by atoms with Crippen molar-refractivity contribution in [3.63, 3.8) is 0 Å². The third kappa shape index (κ3) is 4.23. The Morgan fingerprint density at radius 2 is 1.90 bits per heavy atom. The summed E-state index contributed by atoms with van der Waals surface area (Å²) >= 11 is 1.35. The molecule has 0 radical (unpaired) electrons. The van der Waals surface area contributed by atoms with Crippen LogP contribution >= 0.6 is 11.8 Å². The molecule has 148 valence electrons. The average molecular weight is 407 g/mol. The van der Waals surface area contributed by atoms with Gasteiger partial charge in [-0.3, -0.25) is 9.20 Å². The van der Waals surface area contributed by atoms with Gasteiger partial charge in [-0.1, -0.05) is 54.2 Å². The molecule has 0 aliphatic rings. The zero-order valence-electron chi connectivity index (χ0n) is 16.0. The molecule has 1 amide bonds. The lowest BCUT2D eigenvalue weighted by atomic mass is 10.2. The molecule has 0 bridgehead atoms. The van der Waals surface area contributed by atoms with Crippen LogP contribution < -0.4 is 5.32 Å². The lowest BCUT2D eigenvalue weighted by molar-refractivity contribution is -0.118. The highest BCUT2D eigenvalue weighted by Crippen LogP contribution is 2.28. The lowest BCUT2D eigenvalue weighted by Gasteiger charge is -2.09. The Kier molecular flexibility index (Phi) is 6.02. The number of para-hydroxylation sites is 1. The Morgan fingerprint density at radius 1 is 1.10 bits per heavy atom. The second kappa shape index (κ2) is 9.02. The number of ether oxygens (including phenoxy) is 1. The van der Waals surface area contributed by atoms with Crippen LogP contribution in [0.15, 0.2) is 59.8 Å². The summed E-state index contributed by atoms with van der Waals surface area (Å²) < 4.78 is 6.93. The largest absolute Gasteiger partial charge is 0.385 e. The van der Waals surface area contributed by atoms with E-state index in [0.717, 1.165) is 34.4 Å². The van der Waals surface area contributed by atoms with Crippen molar-refractivity contribution >= 4 is 34.2 Å². The number of hydrogen-bond acceptors (Lipinski definition) is 6. The predicted molar refractivity (Wildman–Crippen MR) is 114 cm³/mol. The maximum Gasteiger partial charge on any atom is 0.230 e. The third-order valence-electron chi connectivity index (χ3n) is 4.43. The summed E-state index contributed by atoms with van der Waals surface area (Å²) in [6, 6.07) is 17.8. The summed E-state index contributed by atoms with van der Waals surface area (Å²) in [5.41, 5.74) is 2.56. The van der Waals surface area contributed by atoms with Crippen LogP contribution in [0.4, 0.5) is 0 Å². The summed E-state index contributed by atoms with van der Waals surface area (Å²) in [6.45, 7) is 1.22. The molecule has 29 heavy (non-hydrogen) atoms. The topological polar surface area (TPSA) is 81.4 Å². The van der Waals surface area contributed by atoms with Gasteiger partial charge in [0.25, 0.3) is 0 Å². The van der Waals surface area contributed by atoms with Crippen molar-refractivity contribution in [2.24, 2.45) is 0 Å². The van der Waals surface area contributed by atoms with E-state index in [2.05, 4.69) is 15.5 Å². The Balaban J connectivity index is 1.67. The Bertz CT molecular complexity index is 1130. The van der Waals surface area contributed by atoms with Crippen LogP contribution in [0, 0.1) is 0 Å². The van der Waals surface area contributed by atoms with Crippen molar-refractivity contribution < 1.29 is 9.53 Å². The van der Waals surface area contributed by atoms with Crippen LogP contribution in [0.2, 0.25) is 0 Å². The number of nitrogens with one attached hydrogen (secondary N) is 1. The van der Waals surface area contributed by atoms with Crippen molar-refractivity contribution in [1.82, 2.24) is 24.9 Å². The molecule has 1 N–H and O–H groups in total. The summed E-state index contributed by atoms with van der Waals surface area (Å²) in [4.78, 5) is 17.0. The van der Waals surface area contributed by atoms with E-state index in [4.69, 9.17) is 9.72 Å². The molecule has 4 rings (SSSR count). The van der Waals surface area contributed by atoms with E-state index >= 15 is 0 Å². The first-order valence-electron chi connectivity index (χ1n) is 9.35. The molecule has 2 aromatic carbocycles. The fraction of sp³-hybridized carbons (Fsp3) is 0.238. The molecule has 2 heterocycles. The standard InChI is InChI=1S/C21H21N5O2S/c1-28-13-7-12-22-18(27)14-29-21-25-24-20-16-10-5-6-11-17(16)23-19(26(20)21)15-8-3-2-4-9-15/h2-6,8-11H,7,12-14H2,1H3,(H,22,27). The Hall–Kier alpha value is -2.97. The van der Waals surface area contributed by atoms with Gasteiger partial charge in [0.15, 0.2) is 10.8 Å². The van der Waals surface area contributed by atoms with Crippen LogP contribution in [-0.2, 0) is 9.53 Å². The van der Waals surface area contributed by atoms with Crippen LogP contribution in [0.3, 0.4) is 0 Å². The normalized spacial score (nSPS) is 11.2. The first-order chi connectivity index (χ1) is 14.3. The fourth-order valence-electron chi connectivity index (χ4n) is 3.06. The molecular formula is C21H21N5O2S. The average Bonchev–Trinajstić information content (AvgIpc) is 3.20. The second-order valence-corrected chi connectivity index (χ2v) is 7.39. The minimum absolute atomic E-state index is 0.0436. The molecule has 0 saturated heterocycles. The zero-order valence-corrected chi connectivity index (χ0v) is 16.9. The number of fused-ring (bicyclic) bond motifs is 3. The monoisotopic (exact) mass is 407 g/mol. The molecule has 0 unspecified atom stereocenters. The second-order valence-electron chi connectivity index (χ2n) is 6.45. The molecule has 4 aromatic rings. The minimum atomic E-state index is -0.0436. The molecule has 2 aromatic heterocycles. The molecule has 0 atom stereocenters. The van der Waals surface area contributed by atoms with Gasteiger partial charge >= 0.3 is 0 Å². The van der Waals surface area contributed by atoms with Gasteiger partial charge in [0.2, 0.25) is 5.91 Å². The number of hydrogen-bond donors (Lipinski definition) is 1. The van der Waals surface area contributed by atoms with Crippen molar-refractivity contribution in [3.8, 4) is 11.4 Å². The summed E-state index contributed by atoms with van der Waals surface area (Å²) in [5.74, 6) is 0.972. The first-order valence-corrected chi connectivity index (χ1v) is 10.3. The van der Waals surface area contributed by atoms with E-state index in [0.29, 0.717) is 18.3 Å². The van der Waals surface area contributed by atoms with E-state index in [1.165, 1.54) is 11.8 Å². The smallest absolute Gasteiger partial charge is 0.230 e. The number of carbonyl (C=O) groups excluding carboxylic acids is 1. The molecule has 0 spiro atoms. The van der Waals surface area contributed by atoms with Crippen LogP contribution in [-0.4, -0.2) is 51.5 Å². The Morgan fingerprint density at radius 3 is 2.72 bits per heavy atom. The summed E-state index contributed by atoms with van der Waals surface area (Å²) in [6.07, 6.45) is 0.787. The highest BCUT2D eigenvalue weighted by molar-refractivity contribution is 7.99. The number of carbonyl (C=O) groups is 1. The SMILES string of the molecule is COCCCNC(=O)CSc1nnc2c3ccccc3nc(-c3ccccc3)n12. The molecule has 0 fully saturated rings. The number of thioether (sulfide) groups is 1. The van der Waals surface area contributed by atoms with Gasteiger partial charge in [0.05, 0.1) is 11.3 Å². The van der Waals surface area contributed by atoms with Gasteiger partial charge < -0.3 is 10.1 Å². The van der Waals surface area contributed by atoms with Crippen molar-refractivity contribution in [3.05, 3.63) is 54.6 Å². The quantitative estimate of drug-likeness (QED) is 0.357. The number of nitrogens with zero attached hydrogens (tertiary/aromatic N) is 4. The summed E-state index contributed by atoms with van der Waals surface area (Å²) in [5, 5.41) is 13.2. The van der Waals surface area contributed by atoms with E-state index < -0.39 is 0 Å². The highest BCUT2D eigenvalue weighted by atomic mass is 32.2. The van der Waals surface area contributed by atoms with Crippen molar-refractivity contribution in [1.29, 1.82) is 0 Å². The maximum atomic E-state index is 12.2. The van der Waals surface area contributed by atoms with Crippen molar-refractivity contribution in [2.45, 2.75) is 11.6 Å². The molecule has 8 heteroatoms. The van der Waals surface area contributed by atoms with Gasteiger partial charge in [-0.25, -0.2) is 4.98 Å². The number of rotatable bonds is 8. The number of amides is 1. The molecule has 0 aliphatic heterocycles. The lowest BCUT2D eigenvalue weighted by Crippen LogP contribution is -2.26. The molecule has 0 saturated carbocycles. The van der Waals surface area contributed by atoms with Crippen LogP contribution in [0.25, 0.3) is 27.9 Å². The Labute approximate surface area is 172 Å². The van der Waals surface area contributed by atoms with E-state index in [-0.39, 0.29) is 11.7 Å². The highest BCUT2D eigenvalue weighted by Gasteiger charge is 2.17. The van der Waals surface area contributed by atoms with Gasteiger partial charge in [-0.05, 0) is 18.6 Å². The fourth-order valence-corrected chi connectivity index (χ4v) is 3.82. The van der Waals surface area contributed by atoms with E-state index in [1.807, 2.05) is 59.0 Å². The molecular weight excluding hydrogens is 386 g/mol. The van der Waals surface area contributed by atoms with Gasteiger partial charge in [-0.2, -0.15) is 0 Å². The molecule has 0 aliphatic carbocycles. The zero-order chi connectivity index (χ0) is 20.1. The summed E-state index contributed by atoms with van der Waals surface area (Å²) in [7, 11) is 1.65. The van der Waals surface area contributed by atoms with Gasteiger partial charge in [-0.15, -0.1) is 10.2 Å². The van der Waals surface area contributed by atoms with Crippen LogP contribution in [0.5, 0.6) is 0 Å². The van der Waals surface area contributed by atoms with E-state index in [9.17, 15) is 4.79 Å². The van der Waals surface area contributed by atoms with Gasteiger partial charge in [0.1, 0.15) is 5.82 Å². The first kappa shape index (κ1) is 19.4. The van der Waals surface area contributed by atoms with Crippen LogP contribution in [0.1, 0.15) is 6.42 Å². The van der Waals surface area contributed by atoms with Gasteiger partial charge in [0, 0.05) is 31.2 Å². The maximum absolute atomic E-state index is 12.2. The third-order valence-corrected chi connectivity index (χ3v) is 5.36. The minimum Gasteiger partial charge on any atom is -0.385 e. The number of methoxy groups -OCH3 is 1. The molecule has 7 nitrogen and oxygen atoms in total. The van der Waals surface area contributed by atoms with Crippen molar-refractivity contribution in [2.75, 3.05) is 26.0 Å². The number of aromatic nitrogens is 4.